The molecule has 1 amide bonds. The fourth-order valence-corrected chi connectivity index (χ4v) is 4.52. The SMILES string of the molecule is CNC(=O)c1cnc2nc1Nc1cc(cc(-c3ncn(C)n3)c1OC)COCc1cc(cc(C(S)(S)S)c1)N2. The van der Waals surface area contributed by atoms with Gasteiger partial charge in [0.05, 0.1) is 31.6 Å². The fraction of sp³-hybridized carbons (Fsp3) is 0.240. The second-order valence-corrected chi connectivity index (χ2v) is 11.9. The first-order chi connectivity index (χ1) is 18.6. The molecule has 1 aliphatic rings. The van der Waals surface area contributed by atoms with Gasteiger partial charge in [0.15, 0.2) is 11.6 Å². The molecule has 0 saturated heterocycles. The molecule has 39 heavy (non-hydrogen) atoms. The van der Waals surface area contributed by atoms with Crippen LogP contribution in [-0.4, -0.2) is 44.8 Å². The van der Waals surface area contributed by atoms with Gasteiger partial charge in [-0.25, -0.2) is 9.97 Å². The van der Waals surface area contributed by atoms with Crippen LogP contribution in [0, 0.1) is 0 Å². The van der Waals surface area contributed by atoms with Gasteiger partial charge in [0.25, 0.3) is 5.91 Å². The quantitative estimate of drug-likeness (QED) is 0.156. The number of carbonyl (C=O) groups excluding carboxylic acids is 1. The number of benzene rings is 2. The molecular formula is C25H26N8O3S3. The van der Waals surface area contributed by atoms with Gasteiger partial charge in [0.2, 0.25) is 5.95 Å². The van der Waals surface area contributed by atoms with Gasteiger partial charge in [0.1, 0.15) is 21.1 Å². The summed E-state index contributed by atoms with van der Waals surface area (Å²) in [5.74, 6) is 1.13. The van der Waals surface area contributed by atoms with E-state index in [0.29, 0.717) is 35.1 Å². The van der Waals surface area contributed by atoms with Crippen LogP contribution in [-0.2, 0) is 28.4 Å². The van der Waals surface area contributed by atoms with Crippen molar-refractivity contribution in [3.63, 3.8) is 0 Å². The molecule has 3 heterocycles. The van der Waals surface area contributed by atoms with Gasteiger partial charge in [-0.3, -0.25) is 9.48 Å². The lowest BCUT2D eigenvalue weighted by molar-refractivity contribution is 0.0963. The van der Waals surface area contributed by atoms with Crippen molar-refractivity contribution in [2.24, 2.45) is 7.05 Å². The number of nitrogens with one attached hydrogen (secondary N) is 3. The Bertz CT molecular complexity index is 1550. The second-order valence-electron chi connectivity index (χ2n) is 8.80. The summed E-state index contributed by atoms with van der Waals surface area (Å²) < 4.78 is 12.5. The van der Waals surface area contributed by atoms with E-state index in [0.717, 1.165) is 16.7 Å². The maximum absolute atomic E-state index is 12.7. The van der Waals surface area contributed by atoms with Crippen molar-refractivity contribution in [2.75, 3.05) is 24.8 Å². The zero-order valence-electron chi connectivity index (χ0n) is 21.3. The van der Waals surface area contributed by atoms with E-state index in [2.05, 4.69) is 73.9 Å². The number of nitrogens with zero attached hydrogens (tertiary/aromatic N) is 5. The molecule has 0 aliphatic carbocycles. The number of hydrogen-bond acceptors (Lipinski definition) is 12. The van der Waals surface area contributed by atoms with E-state index < -0.39 is 3.41 Å². The number of anilines is 4. The van der Waals surface area contributed by atoms with Crippen molar-refractivity contribution in [1.29, 1.82) is 0 Å². The summed E-state index contributed by atoms with van der Waals surface area (Å²) >= 11 is 13.5. The molecule has 4 aromatic rings. The van der Waals surface area contributed by atoms with Crippen LogP contribution in [0.4, 0.5) is 23.1 Å². The summed E-state index contributed by atoms with van der Waals surface area (Å²) in [4.78, 5) is 26.1. The van der Waals surface area contributed by atoms with Crippen LogP contribution in [0.1, 0.15) is 27.0 Å². The van der Waals surface area contributed by atoms with E-state index in [1.807, 2.05) is 30.3 Å². The molecule has 5 rings (SSSR count). The van der Waals surface area contributed by atoms with Gasteiger partial charge >= 0.3 is 0 Å². The number of rotatable bonds is 4. The number of hydrogen-bond donors (Lipinski definition) is 6. The van der Waals surface area contributed by atoms with Gasteiger partial charge in [-0.05, 0) is 41.0 Å². The maximum atomic E-state index is 12.7. The fourth-order valence-electron chi connectivity index (χ4n) is 4.14. The van der Waals surface area contributed by atoms with E-state index in [4.69, 9.17) is 9.47 Å². The monoisotopic (exact) mass is 582 g/mol. The van der Waals surface area contributed by atoms with Gasteiger partial charge in [-0.1, -0.05) is 6.07 Å². The number of fused-ring (bicyclic) bond motifs is 6. The minimum atomic E-state index is -0.996. The topological polar surface area (TPSA) is 128 Å². The molecular weight excluding hydrogens is 557 g/mol. The Kier molecular flexibility index (Phi) is 7.62. The predicted molar refractivity (Wildman–Crippen MR) is 159 cm³/mol. The van der Waals surface area contributed by atoms with Crippen molar-refractivity contribution in [2.45, 2.75) is 16.6 Å². The number of aromatic nitrogens is 5. The Morgan fingerprint density at radius 1 is 1.10 bits per heavy atom. The van der Waals surface area contributed by atoms with E-state index in [9.17, 15) is 4.79 Å². The highest BCUT2D eigenvalue weighted by molar-refractivity contribution is 8.15. The minimum absolute atomic E-state index is 0.242. The number of aryl methyl sites for hydroxylation is 1. The molecule has 14 heteroatoms. The largest absolute Gasteiger partial charge is 0.494 e. The molecule has 0 radical (unpaired) electrons. The summed E-state index contributed by atoms with van der Waals surface area (Å²) in [6.07, 6.45) is 3.06. The van der Waals surface area contributed by atoms with Crippen LogP contribution in [0.5, 0.6) is 5.75 Å². The molecule has 6 bridgehead atoms. The molecule has 2 aromatic heterocycles. The molecule has 2 aromatic carbocycles. The number of thiol groups is 3. The van der Waals surface area contributed by atoms with Gasteiger partial charge in [0, 0.05) is 26.0 Å². The first-order valence-electron chi connectivity index (χ1n) is 11.7. The zero-order valence-corrected chi connectivity index (χ0v) is 23.9. The predicted octanol–water partition coefficient (Wildman–Crippen LogP) is 4.06. The van der Waals surface area contributed by atoms with E-state index in [-0.39, 0.29) is 29.8 Å². The Morgan fingerprint density at radius 2 is 1.87 bits per heavy atom. The van der Waals surface area contributed by atoms with Crippen LogP contribution < -0.4 is 20.7 Å². The number of ether oxygens (including phenoxy) is 2. The summed E-state index contributed by atoms with van der Waals surface area (Å²) in [6, 6.07) is 9.49. The number of carbonyl (C=O) groups is 1. The lowest BCUT2D eigenvalue weighted by Gasteiger charge is -2.21. The van der Waals surface area contributed by atoms with Gasteiger partial charge in [-0.15, -0.1) is 37.9 Å². The highest BCUT2D eigenvalue weighted by Gasteiger charge is 2.22. The normalized spacial score (nSPS) is 13.1. The van der Waals surface area contributed by atoms with Crippen LogP contribution in [0.2, 0.25) is 0 Å². The van der Waals surface area contributed by atoms with Crippen molar-refractivity contribution in [3.05, 3.63) is 65.1 Å². The van der Waals surface area contributed by atoms with Crippen LogP contribution in [0.25, 0.3) is 11.4 Å². The summed E-state index contributed by atoms with van der Waals surface area (Å²) in [5.41, 5.74) is 4.57. The first kappa shape index (κ1) is 27.1. The third-order valence-electron chi connectivity index (χ3n) is 5.88. The van der Waals surface area contributed by atoms with Crippen molar-refractivity contribution in [1.82, 2.24) is 30.0 Å². The number of methoxy groups -OCH3 is 1. The zero-order chi connectivity index (χ0) is 27.7. The van der Waals surface area contributed by atoms with Crippen molar-refractivity contribution < 1.29 is 14.3 Å². The molecule has 3 N–H and O–H groups in total. The smallest absolute Gasteiger partial charge is 0.256 e. The van der Waals surface area contributed by atoms with Crippen LogP contribution in [0.3, 0.4) is 0 Å². The Hall–Kier alpha value is -3.46. The van der Waals surface area contributed by atoms with Crippen LogP contribution in [0.15, 0.2) is 42.9 Å². The molecule has 0 spiro atoms. The van der Waals surface area contributed by atoms with E-state index >= 15 is 0 Å². The van der Waals surface area contributed by atoms with E-state index in [1.165, 1.54) is 6.20 Å². The lowest BCUT2D eigenvalue weighted by Crippen LogP contribution is -2.20. The minimum Gasteiger partial charge on any atom is -0.494 e. The molecule has 0 saturated carbocycles. The van der Waals surface area contributed by atoms with Crippen LogP contribution >= 0.6 is 37.9 Å². The van der Waals surface area contributed by atoms with Gasteiger partial charge in [-0.2, -0.15) is 10.1 Å². The Balaban J connectivity index is 1.69. The third kappa shape index (κ3) is 5.93. The van der Waals surface area contributed by atoms with Crippen molar-refractivity contribution >= 4 is 66.9 Å². The first-order valence-corrected chi connectivity index (χ1v) is 13.1. The molecule has 11 nitrogen and oxygen atoms in total. The lowest BCUT2D eigenvalue weighted by atomic mass is 10.1. The van der Waals surface area contributed by atoms with Crippen molar-refractivity contribution in [3.8, 4) is 17.1 Å². The molecule has 0 fully saturated rings. The highest BCUT2D eigenvalue weighted by atomic mass is 32.2. The molecule has 0 unspecified atom stereocenters. The highest BCUT2D eigenvalue weighted by Crippen LogP contribution is 2.40. The van der Waals surface area contributed by atoms with E-state index in [1.54, 1.807) is 32.2 Å². The average molecular weight is 583 g/mol. The molecule has 202 valence electrons. The van der Waals surface area contributed by atoms with Gasteiger partial charge < -0.3 is 25.4 Å². The second kappa shape index (κ2) is 11.0. The summed E-state index contributed by atoms with van der Waals surface area (Å²) in [5, 5.41) is 13.6. The third-order valence-corrected chi connectivity index (χ3v) is 6.66. The Labute approximate surface area is 241 Å². The standard InChI is InChI=1S/C25H26N8O3S3/c1-26-23(34)18-9-27-24-29-16-5-13(4-15(8-16)25(37,38)39)10-36-11-14-6-17(21-28-12-33(2)32-21)20(35-3)19(7-14)30-22(18)31-24/h4-9,12,37-39H,10-11H2,1-3H3,(H,26,34)(H2,27,29,30,31). The average Bonchev–Trinajstić information content (AvgIpc) is 3.33. The number of amides is 1. The maximum Gasteiger partial charge on any atom is 0.256 e. The molecule has 0 atom stereocenters. The summed E-state index contributed by atoms with van der Waals surface area (Å²) in [6.45, 7) is 0.582. The Morgan fingerprint density at radius 3 is 2.54 bits per heavy atom. The summed E-state index contributed by atoms with van der Waals surface area (Å²) in [7, 11) is 4.89. The molecule has 1 aliphatic heterocycles.